The van der Waals surface area contributed by atoms with Crippen molar-refractivity contribution in [2.75, 3.05) is 0 Å². The topological polar surface area (TPSA) is 26.3 Å². The summed E-state index contributed by atoms with van der Waals surface area (Å²) in [6.45, 7) is 0.220. The second kappa shape index (κ2) is 12.0. The van der Waals surface area contributed by atoms with Crippen molar-refractivity contribution in [2.45, 2.75) is 6.61 Å². The van der Waals surface area contributed by atoms with E-state index in [1.54, 1.807) is 0 Å². The summed E-state index contributed by atoms with van der Waals surface area (Å²) in [4.78, 5) is 13.2. The fourth-order valence-electron chi connectivity index (χ4n) is 4.71. The molecule has 6 rings (SSSR count). The number of halogens is 3. The van der Waals surface area contributed by atoms with Crippen molar-refractivity contribution in [3.63, 3.8) is 0 Å². The molecule has 6 aromatic rings. The maximum atomic E-state index is 13.5. The summed E-state index contributed by atoms with van der Waals surface area (Å²) >= 11 is 7.39. The monoisotopic (exact) mass is 844 g/mol. The Morgan fingerprint density at radius 1 is 0.583 bits per heavy atom. The Kier molecular flexibility index (Phi) is 8.73. The number of ether oxygens (including phenoxy) is 1. The molecule has 0 heterocycles. The number of esters is 1. The molecule has 2 nitrogen and oxygen atoms in total. The molecule has 0 unspecified atom stereocenters. The third-order valence-electron chi connectivity index (χ3n) is 6.21. The third-order valence-corrected chi connectivity index (χ3v) is 6.21. The zero-order valence-corrected chi connectivity index (χ0v) is 26.9. The standard InChI is InChI=1S/C30H20O2.3HI.V/c31-30(29-26-15-7-3-11-22(26)18-23-12-4-8-16-27(23)29)32-19-28-24-13-5-1-9-20(24)17-21-10-2-6-14-25(21)28;;;;/h1-18H,19H2;3*1H;/q;;;;+3/p-3. The van der Waals surface area contributed by atoms with Gasteiger partial charge < -0.3 is 4.74 Å². The number of carbonyl (C=O) groups excluding carboxylic acids is 1. The Bertz CT molecular complexity index is 1610. The normalized spacial score (nSPS) is 11.1. The third kappa shape index (κ3) is 5.70. The number of carbonyl (C=O) groups is 1. The van der Waals surface area contributed by atoms with Crippen LogP contribution in [0.25, 0.3) is 43.1 Å². The van der Waals surface area contributed by atoms with Gasteiger partial charge in [0, 0.05) is 5.56 Å². The van der Waals surface area contributed by atoms with Gasteiger partial charge >= 0.3 is 70.8 Å². The van der Waals surface area contributed by atoms with Crippen molar-refractivity contribution in [3.8, 4) is 0 Å². The van der Waals surface area contributed by atoms with E-state index in [9.17, 15) is 4.79 Å². The van der Waals surface area contributed by atoms with Gasteiger partial charge in [0.1, 0.15) is 6.61 Å². The quantitative estimate of drug-likeness (QED) is 0.101. The molecule has 0 saturated carbocycles. The molecule has 0 spiro atoms. The Labute approximate surface area is 247 Å². The van der Waals surface area contributed by atoms with E-state index >= 15 is 0 Å². The minimum atomic E-state index is -0.296. The second-order valence-corrected chi connectivity index (χ2v) is 43.6. The molecule has 0 amide bonds. The van der Waals surface area contributed by atoms with Gasteiger partial charge in [-0.05, 0) is 55.2 Å². The first-order chi connectivity index (χ1) is 17.5. The second-order valence-electron chi connectivity index (χ2n) is 8.26. The molecule has 0 aromatic heterocycles. The molecule has 6 aromatic carbocycles. The molecular formula is C30H20I3O2V. The summed E-state index contributed by atoms with van der Waals surface area (Å²) < 4.78 is 6.01. The molecule has 0 radical (unpaired) electrons. The molecule has 0 atom stereocenters. The van der Waals surface area contributed by atoms with E-state index in [-0.39, 0.29) is 17.5 Å². The molecule has 0 aliphatic heterocycles. The van der Waals surface area contributed by atoms with Gasteiger partial charge in [-0.25, -0.2) is 4.79 Å². The van der Waals surface area contributed by atoms with Crippen LogP contribution in [0, 0.1) is 0 Å². The van der Waals surface area contributed by atoms with Gasteiger partial charge in [0.2, 0.25) is 0 Å². The predicted molar refractivity (Wildman–Crippen MR) is 174 cm³/mol. The van der Waals surface area contributed by atoms with Crippen molar-refractivity contribution in [1.82, 2.24) is 0 Å². The van der Waals surface area contributed by atoms with Crippen molar-refractivity contribution in [1.29, 1.82) is 0 Å². The van der Waals surface area contributed by atoms with Crippen LogP contribution in [0.5, 0.6) is 0 Å². The zero-order chi connectivity index (χ0) is 25.1. The summed E-state index contributed by atoms with van der Waals surface area (Å²) in [6, 6.07) is 36.8. The summed E-state index contributed by atoms with van der Waals surface area (Å²) in [5.74, 6) is -0.296. The summed E-state index contributed by atoms with van der Waals surface area (Å²) in [5, 5.41) is 8.42. The fourth-order valence-corrected chi connectivity index (χ4v) is 4.71. The number of fused-ring (bicyclic) bond motifs is 4. The van der Waals surface area contributed by atoms with Crippen LogP contribution in [0.1, 0.15) is 15.9 Å². The van der Waals surface area contributed by atoms with E-state index in [0.29, 0.717) is 5.56 Å². The molecule has 0 aliphatic carbocycles. The summed E-state index contributed by atoms with van der Waals surface area (Å²) in [7, 11) is 0. The average molecular weight is 844 g/mol. The van der Waals surface area contributed by atoms with Crippen molar-refractivity contribution >= 4 is 109 Å². The fraction of sp³-hybridized carbons (Fsp3) is 0.0333. The Hall–Kier alpha value is -1.40. The molecule has 6 heteroatoms. The van der Waals surface area contributed by atoms with Crippen LogP contribution in [-0.4, -0.2) is 5.97 Å². The van der Waals surface area contributed by atoms with Crippen molar-refractivity contribution in [3.05, 3.63) is 120 Å². The zero-order valence-electron chi connectivity index (χ0n) is 19.0. The first-order valence-corrected chi connectivity index (χ1v) is 24.8. The van der Waals surface area contributed by atoms with Gasteiger partial charge in [-0.15, -0.1) is 0 Å². The molecule has 0 N–H and O–H groups in total. The van der Waals surface area contributed by atoms with Gasteiger partial charge in [-0.1, -0.05) is 97.1 Å². The number of rotatable bonds is 3. The van der Waals surface area contributed by atoms with E-state index in [4.69, 9.17) is 4.74 Å². The summed E-state index contributed by atoms with van der Waals surface area (Å²) in [6.07, 6.45) is 0. The number of hydrogen-bond donors (Lipinski definition) is 0. The Morgan fingerprint density at radius 3 is 1.33 bits per heavy atom. The molecule has 0 saturated heterocycles. The Balaban J connectivity index is 0.000000623. The molecule has 178 valence electrons. The van der Waals surface area contributed by atoms with Crippen LogP contribution < -0.4 is 0 Å². The summed E-state index contributed by atoms with van der Waals surface area (Å²) in [5.41, 5.74) is 1.67. The van der Waals surface area contributed by atoms with E-state index in [1.165, 1.54) is 0 Å². The van der Waals surface area contributed by atoms with Crippen LogP contribution in [0.2, 0.25) is 0 Å². The predicted octanol–water partition coefficient (Wildman–Crippen LogP) is 10.3. The van der Waals surface area contributed by atoms with Crippen LogP contribution >= 0.6 is 59.9 Å². The molecule has 0 fully saturated rings. The van der Waals surface area contributed by atoms with Gasteiger partial charge in [0.05, 0.1) is 5.56 Å². The Morgan fingerprint density at radius 2 is 0.917 bits per heavy atom. The maximum absolute atomic E-state index is 13.5. The number of hydrogen-bond acceptors (Lipinski definition) is 2. The van der Waals surface area contributed by atoms with E-state index in [1.807, 2.05) is 72.8 Å². The van der Waals surface area contributed by atoms with Gasteiger partial charge in [-0.3, -0.25) is 0 Å². The molecule has 0 bridgehead atoms. The van der Waals surface area contributed by atoms with Crippen LogP contribution in [0.15, 0.2) is 109 Å². The average Bonchev–Trinajstić information content (AvgIpc) is 2.89. The molecule has 0 aliphatic rings. The number of benzene rings is 6. The van der Waals surface area contributed by atoms with Crippen molar-refractivity contribution in [2.24, 2.45) is 0 Å². The first-order valence-electron chi connectivity index (χ1n) is 11.3. The minimum absolute atomic E-state index is 0.220. The van der Waals surface area contributed by atoms with Crippen LogP contribution in [0.4, 0.5) is 0 Å². The molecular weight excluding hydrogens is 824 g/mol. The SMILES string of the molecule is O=C(OCc1c2ccccc2cc2ccccc12)c1c2ccccc2cc2ccccc12.[I][V]([I])[I]. The van der Waals surface area contributed by atoms with Gasteiger partial charge in [0.25, 0.3) is 0 Å². The van der Waals surface area contributed by atoms with Crippen molar-refractivity contribution < 1.29 is 14.5 Å². The van der Waals surface area contributed by atoms with Crippen LogP contribution in [-0.2, 0) is 16.3 Å². The van der Waals surface area contributed by atoms with Gasteiger partial charge in [0.15, 0.2) is 0 Å². The van der Waals surface area contributed by atoms with Crippen LogP contribution in [0.3, 0.4) is 0 Å². The molecule has 36 heavy (non-hydrogen) atoms. The van der Waals surface area contributed by atoms with E-state index in [2.05, 4.69) is 96.3 Å². The van der Waals surface area contributed by atoms with E-state index in [0.717, 1.165) is 48.7 Å². The van der Waals surface area contributed by atoms with E-state index < -0.39 is 0 Å². The first kappa shape index (κ1) is 26.2. The van der Waals surface area contributed by atoms with Gasteiger partial charge in [-0.2, -0.15) is 0 Å².